The largest absolute Gasteiger partial charge is 0.271 e. The van der Waals surface area contributed by atoms with Crippen molar-refractivity contribution in [2.24, 2.45) is 11.8 Å². The highest BCUT2D eigenvalue weighted by Crippen LogP contribution is 2.31. The van der Waals surface area contributed by atoms with E-state index in [0.29, 0.717) is 6.04 Å². The topological polar surface area (TPSA) is 38.0 Å². The second-order valence-corrected chi connectivity index (χ2v) is 6.60. The molecule has 1 aromatic carbocycles. The molecule has 2 rings (SSSR count). The lowest BCUT2D eigenvalue weighted by molar-refractivity contribution is 0.393. The fourth-order valence-corrected chi connectivity index (χ4v) is 4.10. The smallest absolute Gasteiger partial charge is 0.0332 e. The maximum absolute atomic E-state index is 5.67. The molecule has 4 heteroatoms. The van der Waals surface area contributed by atoms with Gasteiger partial charge in [-0.2, -0.15) is 0 Å². The summed E-state index contributed by atoms with van der Waals surface area (Å²) >= 11 is 5.38. The second-order valence-electron chi connectivity index (χ2n) is 4.59. The Morgan fingerprint density at radius 1 is 1.41 bits per heavy atom. The van der Waals surface area contributed by atoms with E-state index >= 15 is 0 Å². The molecular formula is C13H19BrN2S. The molecule has 1 saturated carbocycles. The summed E-state index contributed by atoms with van der Waals surface area (Å²) < 4.78 is 1.14. The van der Waals surface area contributed by atoms with Crippen molar-refractivity contribution in [3.8, 4) is 0 Å². The van der Waals surface area contributed by atoms with Crippen LogP contribution in [-0.4, -0.2) is 11.8 Å². The van der Waals surface area contributed by atoms with Crippen molar-refractivity contribution in [3.63, 3.8) is 0 Å². The molecule has 0 heterocycles. The van der Waals surface area contributed by atoms with E-state index < -0.39 is 0 Å². The van der Waals surface area contributed by atoms with E-state index in [9.17, 15) is 0 Å². The zero-order chi connectivity index (χ0) is 12.1. The van der Waals surface area contributed by atoms with Crippen molar-refractivity contribution in [3.05, 3.63) is 28.7 Å². The summed E-state index contributed by atoms with van der Waals surface area (Å²) in [5.41, 5.74) is 3.00. The van der Waals surface area contributed by atoms with E-state index in [2.05, 4.69) is 45.6 Å². The molecule has 1 aliphatic rings. The van der Waals surface area contributed by atoms with Gasteiger partial charge >= 0.3 is 0 Å². The highest BCUT2D eigenvalue weighted by molar-refractivity contribution is 9.10. The lowest BCUT2D eigenvalue weighted by atomic mass is 10.0. The number of halogens is 1. The molecule has 0 aromatic heterocycles. The van der Waals surface area contributed by atoms with Crippen molar-refractivity contribution in [1.29, 1.82) is 0 Å². The first-order valence-corrected chi connectivity index (χ1v) is 7.92. The molecule has 0 spiro atoms. The summed E-state index contributed by atoms with van der Waals surface area (Å²) in [5.74, 6) is 7.49. The third kappa shape index (κ3) is 3.98. The molecule has 0 bridgehead atoms. The molecular weight excluding hydrogens is 296 g/mol. The average molecular weight is 315 g/mol. The monoisotopic (exact) mass is 314 g/mol. The van der Waals surface area contributed by atoms with Crippen LogP contribution in [0.4, 0.5) is 0 Å². The fourth-order valence-electron chi connectivity index (χ4n) is 2.42. The molecule has 1 unspecified atom stereocenters. The summed E-state index contributed by atoms with van der Waals surface area (Å²) in [6.45, 7) is 0. The van der Waals surface area contributed by atoms with Gasteiger partial charge in [0.2, 0.25) is 0 Å². The SMILES string of the molecule is NNC(CSc1cccc(Br)c1)C1CCCC1. The van der Waals surface area contributed by atoms with Crippen molar-refractivity contribution in [1.82, 2.24) is 5.43 Å². The molecule has 17 heavy (non-hydrogen) atoms. The van der Waals surface area contributed by atoms with Crippen molar-refractivity contribution in [2.75, 3.05) is 5.75 Å². The summed E-state index contributed by atoms with van der Waals surface area (Å²) in [5, 5.41) is 0. The Kier molecular flexibility index (Phi) is 5.35. The lowest BCUT2D eigenvalue weighted by Crippen LogP contribution is -2.41. The molecule has 1 atom stereocenters. The van der Waals surface area contributed by atoms with Crippen LogP contribution in [0.5, 0.6) is 0 Å². The van der Waals surface area contributed by atoms with Gasteiger partial charge in [0.05, 0.1) is 0 Å². The fraction of sp³-hybridized carbons (Fsp3) is 0.538. The van der Waals surface area contributed by atoms with Crippen LogP contribution in [0, 0.1) is 5.92 Å². The van der Waals surface area contributed by atoms with Crippen LogP contribution in [0.15, 0.2) is 33.6 Å². The second kappa shape index (κ2) is 6.78. The number of hydrazine groups is 1. The predicted octanol–water partition coefficient (Wildman–Crippen LogP) is 3.56. The summed E-state index contributed by atoms with van der Waals surface area (Å²) in [6.07, 6.45) is 5.39. The van der Waals surface area contributed by atoms with Gasteiger partial charge in [-0.3, -0.25) is 11.3 Å². The Bertz CT molecular complexity index is 353. The van der Waals surface area contributed by atoms with Gasteiger partial charge in [0.1, 0.15) is 0 Å². The predicted molar refractivity (Wildman–Crippen MR) is 77.9 cm³/mol. The lowest BCUT2D eigenvalue weighted by Gasteiger charge is -2.22. The Hall–Kier alpha value is -0.0300. The van der Waals surface area contributed by atoms with Gasteiger partial charge in [-0.15, -0.1) is 11.8 Å². The first kappa shape index (κ1) is 13.4. The minimum atomic E-state index is 0.446. The zero-order valence-electron chi connectivity index (χ0n) is 9.86. The molecule has 0 aliphatic heterocycles. The summed E-state index contributed by atoms with van der Waals surface area (Å²) in [7, 11) is 0. The van der Waals surface area contributed by atoms with Crippen LogP contribution >= 0.6 is 27.7 Å². The van der Waals surface area contributed by atoms with Crippen LogP contribution in [0.3, 0.4) is 0 Å². The number of hydrogen-bond donors (Lipinski definition) is 2. The standard InChI is InChI=1S/C13H19BrN2S/c14-11-6-3-7-12(8-11)17-9-13(16-15)10-4-1-2-5-10/h3,6-8,10,13,16H,1-2,4-5,9,15H2. The number of thioether (sulfide) groups is 1. The van der Waals surface area contributed by atoms with E-state index in [1.54, 1.807) is 0 Å². The maximum Gasteiger partial charge on any atom is 0.0332 e. The number of rotatable bonds is 5. The number of hydrogen-bond acceptors (Lipinski definition) is 3. The van der Waals surface area contributed by atoms with E-state index in [0.717, 1.165) is 16.1 Å². The summed E-state index contributed by atoms with van der Waals surface area (Å²) in [4.78, 5) is 1.30. The van der Waals surface area contributed by atoms with Crippen LogP contribution in [0.2, 0.25) is 0 Å². The van der Waals surface area contributed by atoms with Gasteiger partial charge < -0.3 is 0 Å². The minimum Gasteiger partial charge on any atom is -0.271 e. The molecule has 94 valence electrons. The van der Waals surface area contributed by atoms with Crippen LogP contribution < -0.4 is 11.3 Å². The van der Waals surface area contributed by atoms with Gasteiger partial charge in [0, 0.05) is 21.2 Å². The maximum atomic E-state index is 5.67. The first-order chi connectivity index (χ1) is 8.29. The third-order valence-corrected chi connectivity index (χ3v) is 5.01. The Morgan fingerprint density at radius 3 is 2.82 bits per heavy atom. The molecule has 3 N–H and O–H groups in total. The van der Waals surface area contributed by atoms with Crippen molar-refractivity contribution in [2.45, 2.75) is 36.6 Å². The number of nitrogens with two attached hydrogens (primary N) is 1. The molecule has 0 saturated heterocycles. The van der Waals surface area contributed by atoms with Gasteiger partial charge in [-0.25, -0.2) is 0 Å². The quantitative estimate of drug-likeness (QED) is 0.496. The molecule has 1 fully saturated rings. The summed E-state index contributed by atoms with van der Waals surface area (Å²) in [6, 6.07) is 8.89. The van der Waals surface area contributed by atoms with Gasteiger partial charge in [-0.1, -0.05) is 34.8 Å². The minimum absolute atomic E-state index is 0.446. The Balaban J connectivity index is 1.87. The van der Waals surface area contributed by atoms with Gasteiger partial charge in [-0.05, 0) is 37.0 Å². The van der Waals surface area contributed by atoms with E-state index in [-0.39, 0.29) is 0 Å². The molecule has 2 nitrogen and oxygen atoms in total. The Morgan fingerprint density at radius 2 is 2.18 bits per heavy atom. The molecule has 0 amide bonds. The molecule has 1 aliphatic carbocycles. The highest BCUT2D eigenvalue weighted by atomic mass is 79.9. The normalized spacial score (nSPS) is 18.5. The third-order valence-electron chi connectivity index (χ3n) is 3.41. The first-order valence-electron chi connectivity index (χ1n) is 6.14. The number of benzene rings is 1. The average Bonchev–Trinajstić information content (AvgIpc) is 2.84. The van der Waals surface area contributed by atoms with Gasteiger partial charge in [0.25, 0.3) is 0 Å². The van der Waals surface area contributed by atoms with Crippen LogP contribution in [-0.2, 0) is 0 Å². The number of nitrogens with one attached hydrogen (secondary N) is 1. The highest BCUT2D eigenvalue weighted by Gasteiger charge is 2.23. The Labute approximate surface area is 116 Å². The molecule has 0 radical (unpaired) electrons. The van der Waals surface area contributed by atoms with Crippen LogP contribution in [0.1, 0.15) is 25.7 Å². The van der Waals surface area contributed by atoms with Gasteiger partial charge in [0.15, 0.2) is 0 Å². The van der Waals surface area contributed by atoms with E-state index in [1.165, 1.54) is 30.6 Å². The molecule has 1 aromatic rings. The van der Waals surface area contributed by atoms with Crippen molar-refractivity contribution < 1.29 is 0 Å². The van der Waals surface area contributed by atoms with E-state index in [4.69, 9.17) is 5.84 Å². The van der Waals surface area contributed by atoms with Crippen LogP contribution in [0.25, 0.3) is 0 Å². The zero-order valence-corrected chi connectivity index (χ0v) is 12.3. The van der Waals surface area contributed by atoms with E-state index in [1.807, 2.05) is 11.8 Å². The van der Waals surface area contributed by atoms with Crippen molar-refractivity contribution >= 4 is 27.7 Å².